The Morgan fingerprint density at radius 1 is 0.839 bits per heavy atom. The summed E-state index contributed by atoms with van der Waals surface area (Å²) in [5.74, 6) is -4.86. The fourth-order valence-electron chi connectivity index (χ4n) is 6.50. The number of aromatic hydroxyl groups is 1. The van der Waals surface area contributed by atoms with E-state index in [4.69, 9.17) is 5.73 Å². The predicted octanol–water partition coefficient (Wildman–Crippen LogP) is 1.19. The quantitative estimate of drug-likeness (QED) is 0.0864. The molecule has 0 unspecified atom stereocenters. The third-order valence-corrected chi connectivity index (χ3v) is 10.2. The highest BCUT2D eigenvalue weighted by Gasteiger charge is 2.40. The number of likely N-dealkylation sites (tertiary alicyclic amines) is 1. The molecule has 4 rings (SSSR count). The summed E-state index contributed by atoms with van der Waals surface area (Å²) < 4.78 is 0. The molecule has 302 valence electrons. The zero-order valence-corrected chi connectivity index (χ0v) is 32.2. The molecule has 5 amide bonds. The van der Waals surface area contributed by atoms with Gasteiger partial charge in [0.15, 0.2) is 0 Å². The Bertz CT molecular complexity index is 1790. The summed E-state index contributed by atoms with van der Waals surface area (Å²) in [5, 5.41) is 30.6. The highest BCUT2D eigenvalue weighted by Crippen LogP contribution is 2.21. The SMILES string of the molecule is CC[C@H](C)[C@@H](NC(=O)[C@@H](Cc1ccc(O)cc1)NC(=O)[C@@H](N)C(C)C)C(=O)N[C@@H](Cc1cnc[nH]1)C(=O)N1CCC[C@@H]1C(=O)N[C@@H](Cc1ccccc1)C(=O)O. The molecule has 0 spiro atoms. The number of H-pyrrole nitrogens is 1. The van der Waals surface area contributed by atoms with Crippen molar-refractivity contribution in [3.8, 4) is 5.75 Å². The first-order valence-electron chi connectivity index (χ1n) is 19.0. The number of carboxylic acid groups (broad SMARTS) is 1. The van der Waals surface area contributed by atoms with Crippen molar-refractivity contribution in [3.63, 3.8) is 0 Å². The number of rotatable bonds is 19. The summed E-state index contributed by atoms with van der Waals surface area (Å²) in [5.41, 5.74) is 7.98. The van der Waals surface area contributed by atoms with Crippen molar-refractivity contribution >= 4 is 35.5 Å². The maximum absolute atomic E-state index is 14.3. The Labute approximate surface area is 326 Å². The maximum Gasteiger partial charge on any atom is 0.326 e. The van der Waals surface area contributed by atoms with Gasteiger partial charge >= 0.3 is 5.97 Å². The third-order valence-electron chi connectivity index (χ3n) is 10.2. The number of phenols is 1. The van der Waals surface area contributed by atoms with Crippen molar-refractivity contribution in [2.24, 2.45) is 17.6 Å². The van der Waals surface area contributed by atoms with Gasteiger partial charge in [0.1, 0.15) is 36.0 Å². The van der Waals surface area contributed by atoms with E-state index >= 15 is 0 Å². The number of imidazole rings is 1. The lowest BCUT2D eigenvalue weighted by atomic mass is 9.96. The van der Waals surface area contributed by atoms with Gasteiger partial charge in [-0.2, -0.15) is 0 Å². The molecular formula is C40H54N8O8. The molecule has 16 nitrogen and oxygen atoms in total. The number of nitrogens with zero attached hydrogens (tertiary/aromatic N) is 2. The molecular weight excluding hydrogens is 720 g/mol. The molecule has 1 saturated heterocycles. The Morgan fingerprint density at radius 2 is 1.48 bits per heavy atom. The number of nitrogens with two attached hydrogens (primary N) is 1. The number of carboxylic acids is 1. The van der Waals surface area contributed by atoms with E-state index in [1.807, 2.05) is 6.92 Å². The number of aromatic nitrogens is 2. The van der Waals surface area contributed by atoms with Crippen molar-refractivity contribution in [3.05, 3.63) is 83.9 Å². The molecule has 0 aliphatic carbocycles. The minimum absolute atomic E-state index is 0.0189. The molecule has 3 aromatic rings. The van der Waals surface area contributed by atoms with E-state index < -0.39 is 77.7 Å². The van der Waals surface area contributed by atoms with Crippen molar-refractivity contribution < 1.29 is 39.0 Å². The van der Waals surface area contributed by atoms with E-state index in [0.29, 0.717) is 30.5 Å². The van der Waals surface area contributed by atoms with Gasteiger partial charge in [0.2, 0.25) is 29.5 Å². The maximum atomic E-state index is 14.3. The molecule has 0 saturated carbocycles. The van der Waals surface area contributed by atoms with E-state index in [0.717, 1.165) is 5.56 Å². The van der Waals surface area contributed by atoms with Crippen LogP contribution in [0.2, 0.25) is 0 Å². The van der Waals surface area contributed by atoms with Crippen LogP contribution in [0.5, 0.6) is 5.75 Å². The summed E-state index contributed by atoms with van der Waals surface area (Å²) in [6.45, 7) is 7.37. The van der Waals surface area contributed by atoms with Crippen LogP contribution in [0.15, 0.2) is 67.1 Å². The molecule has 2 heterocycles. The van der Waals surface area contributed by atoms with Gasteiger partial charge in [0, 0.05) is 37.7 Å². The van der Waals surface area contributed by atoms with E-state index in [1.165, 1.54) is 29.6 Å². The Kier molecular flexibility index (Phi) is 15.5. The van der Waals surface area contributed by atoms with Crippen LogP contribution < -0.4 is 27.0 Å². The molecule has 1 aliphatic rings. The molecule has 0 bridgehead atoms. The molecule has 1 aliphatic heterocycles. The zero-order valence-electron chi connectivity index (χ0n) is 32.2. The van der Waals surface area contributed by atoms with Crippen molar-refractivity contribution in [1.82, 2.24) is 36.1 Å². The lowest BCUT2D eigenvalue weighted by Crippen LogP contribution is -2.61. The number of phenolic OH excluding ortho intramolecular Hbond substituents is 1. The van der Waals surface area contributed by atoms with Gasteiger partial charge in [-0.1, -0.05) is 76.6 Å². The number of hydrogen-bond acceptors (Lipinski definition) is 9. The molecule has 0 radical (unpaired) electrons. The van der Waals surface area contributed by atoms with E-state index in [-0.39, 0.29) is 37.5 Å². The van der Waals surface area contributed by atoms with E-state index in [2.05, 4.69) is 31.2 Å². The molecule has 1 aromatic heterocycles. The highest BCUT2D eigenvalue weighted by molar-refractivity contribution is 5.97. The highest BCUT2D eigenvalue weighted by atomic mass is 16.4. The minimum Gasteiger partial charge on any atom is -0.508 e. The zero-order chi connectivity index (χ0) is 40.9. The second-order valence-corrected chi connectivity index (χ2v) is 14.7. The van der Waals surface area contributed by atoms with Crippen molar-refractivity contribution in [2.75, 3.05) is 6.54 Å². The first-order chi connectivity index (χ1) is 26.7. The van der Waals surface area contributed by atoms with Gasteiger partial charge in [-0.15, -0.1) is 0 Å². The number of carbonyl (C=O) groups is 6. The number of hydrogen-bond donors (Lipinski definition) is 8. The lowest BCUT2D eigenvalue weighted by Gasteiger charge is -2.31. The largest absolute Gasteiger partial charge is 0.508 e. The molecule has 56 heavy (non-hydrogen) atoms. The molecule has 2 aromatic carbocycles. The lowest BCUT2D eigenvalue weighted by molar-refractivity contribution is -0.145. The van der Waals surface area contributed by atoms with Gasteiger partial charge in [-0.3, -0.25) is 24.0 Å². The summed E-state index contributed by atoms with van der Waals surface area (Å²) >= 11 is 0. The molecule has 1 fully saturated rings. The van der Waals surface area contributed by atoms with Crippen LogP contribution in [-0.2, 0) is 48.0 Å². The van der Waals surface area contributed by atoms with Gasteiger partial charge in [-0.05, 0) is 47.9 Å². The molecule has 16 heteroatoms. The van der Waals surface area contributed by atoms with Gasteiger partial charge in [-0.25, -0.2) is 9.78 Å². The number of amides is 5. The summed E-state index contributed by atoms with van der Waals surface area (Å²) in [6.07, 6.45) is 4.24. The third kappa shape index (κ3) is 11.9. The summed E-state index contributed by atoms with van der Waals surface area (Å²) in [7, 11) is 0. The minimum atomic E-state index is -1.23. The number of aliphatic carboxylic acids is 1. The van der Waals surface area contributed by atoms with Crippen LogP contribution >= 0.6 is 0 Å². The smallest absolute Gasteiger partial charge is 0.326 e. The number of benzene rings is 2. The van der Waals surface area contributed by atoms with Crippen LogP contribution in [0.1, 0.15) is 63.8 Å². The molecule has 9 N–H and O–H groups in total. The second-order valence-electron chi connectivity index (χ2n) is 14.7. The monoisotopic (exact) mass is 774 g/mol. The molecule has 7 atom stereocenters. The second kappa shape index (κ2) is 20.2. The van der Waals surface area contributed by atoms with Crippen LogP contribution in [0.3, 0.4) is 0 Å². The normalized spacial score (nSPS) is 17.2. The van der Waals surface area contributed by atoms with Crippen LogP contribution in [0.4, 0.5) is 0 Å². The Morgan fingerprint density at radius 3 is 2.09 bits per heavy atom. The van der Waals surface area contributed by atoms with Gasteiger partial charge in [0.25, 0.3) is 0 Å². The van der Waals surface area contributed by atoms with E-state index in [9.17, 15) is 39.0 Å². The summed E-state index contributed by atoms with van der Waals surface area (Å²) in [6, 6.07) is 8.44. The van der Waals surface area contributed by atoms with Gasteiger partial charge in [0.05, 0.1) is 12.4 Å². The topological polar surface area (TPSA) is 249 Å². The van der Waals surface area contributed by atoms with Gasteiger partial charge < -0.3 is 47.1 Å². The summed E-state index contributed by atoms with van der Waals surface area (Å²) in [4.78, 5) is 89.6. The number of carbonyl (C=O) groups excluding carboxylic acids is 5. The Hall–Kier alpha value is -5.77. The average Bonchev–Trinajstić information content (AvgIpc) is 3.89. The fourth-order valence-corrected chi connectivity index (χ4v) is 6.50. The fraction of sp³-hybridized carbons (Fsp3) is 0.475. The van der Waals surface area contributed by atoms with Crippen molar-refractivity contribution in [1.29, 1.82) is 0 Å². The standard InChI is InChI=1S/C40H54N8O8/c1-5-24(4)34(47-35(50)29(44-37(52)33(41)23(2)3)18-26-13-15-28(49)16-14-26)38(53)45-30(20-27-21-42-22-43-27)39(54)48-17-9-12-32(48)36(51)46-31(40(55)56)19-25-10-7-6-8-11-25/h6-8,10-11,13-16,21-24,29-34,49H,5,9,12,17-20,41H2,1-4H3,(H,42,43)(H,44,52)(H,45,53)(H,46,51)(H,47,50)(H,55,56)/t24-,29+,30-,31-,32+,33-,34+/m0/s1. The Balaban J connectivity index is 1.55. The van der Waals surface area contributed by atoms with E-state index in [1.54, 1.807) is 63.2 Å². The van der Waals surface area contributed by atoms with Crippen LogP contribution in [0.25, 0.3) is 0 Å². The number of aromatic amines is 1. The number of nitrogens with one attached hydrogen (secondary N) is 5. The average molecular weight is 775 g/mol. The first kappa shape index (κ1) is 43.0. The van der Waals surface area contributed by atoms with Crippen LogP contribution in [0, 0.1) is 11.8 Å². The van der Waals surface area contributed by atoms with Crippen molar-refractivity contribution in [2.45, 2.75) is 102 Å². The predicted molar refractivity (Wildman–Crippen MR) is 207 cm³/mol. The van der Waals surface area contributed by atoms with Crippen LogP contribution in [-0.4, -0.2) is 103 Å². The first-order valence-corrected chi connectivity index (χ1v) is 19.0.